The lowest BCUT2D eigenvalue weighted by Crippen LogP contribution is -2.70. The number of pyridine rings is 1. The summed E-state index contributed by atoms with van der Waals surface area (Å²) in [6.45, 7) is 19.4. The SMILES string of the molecule is CC1(C)[C@@H](O)CC[C@]2(C)[C@H]3C(=O)C=C4[C@H]5C[C@@](C)(C(=O)O)CC[C@]5(C)CC[C@@]4(C)[C@]3(C)CC[C@@]12C.COc1ccc2cc3[n+](cc2c1OC)CCc1cc2c(cc1-3)OCO2. The normalized spacial score (nSPS) is 38.0. The standard InChI is InChI=1S/C31H48O4.C20H18NO4/c1-25(2)22(33)9-10-30(7)23-21(32)17-19-20-18-27(4,24(34)35)12-11-26(20,3)13-14-28(19,5)29(23,6)15-16-31(25,30)8;1-22-17-4-3-12-7-16-14-9-19-18(24-11-25-19)8-13(14)5-6-21(16)10-15(12)20(17)23-2/h17,20,22-23,33H,9-16,18H2,1-8H3,(H,34,35);3-4,7-10H,5-6,11H2,1-2H3/q;+1/t20-,22+,23+,26-,27+,28-,29-,30-,31+;/m1./s1. The summed E-state index contributed by atoms with van der Waals surface area (Å²) in [5.74, 6) is 2.85. The first-order valence-corrected chi connectivity index (χ1v) is 22.4. The Kier molecular flexibility index (Phi) is 9.24. The van der Waals surface area contributed by atoms with Gasteiger partial charge in [0.05, 0.1) is 36.7 Å². The maximum Gasteiger partial charge on any atom is 0.309 e. The summed E-state index contributed by atoms with van der Waals surface area (Å²) in [5, 5.41) is 23.3. The molecule has 9 heteroatoms. The molecule has 7 aliphatic rings. The van der Waals surface area contributed by atoms with E-state index in [2.05, 4.69) is 83.5 Å². The molecule has 4 saturated carbocycles. The summed E-state index contributed by atoms with van der Waals surface area (Å²) in [4.78, 5) is 26.6. The molecule has 0 radical (unpaired) electrons. The Morgan fingerprint density at radius 2 is 1.57 bits per heavy atom. The number of carbonyl (C=O) groups excluding carboxylic acids is 1. The Morgan fingerprint density at radius 3 is 2.27 bits per heavy atom. The Hall–Kier alpha value is -4.11. The topological polar surface area (TPSA) is 115 Å². The molecule has 60 heavy (non-hydrogen) atoms. The molecule has 0 saturated heterocycles. The monoisotopic (exact) mass is 820 g/mol. The van der Waals surface area contributed by atoms with Crippen LogP contribution in [0.15, 0.2) is 48.2 Å². The number of hydrogen-bond donors (Lipinski definition) is 2. The Morgan fingerprint density at radius 1 is 0.850 bits per heavy atom. The number of aliphatic hydroxyl groups is 1. The van der Waals surface area contributed by atoms with Gasteiger partial charge in [0, 0.05) is 18.4 Å². The number of aromatic nitrogens is 1. The van der Waals surface area contributed by atoms with Crippen LogP contribution >= 0.6 is 0 Å². The molecule has 2 aromatic carbocycles. The van der Waals surface area contributed by atoms with Crippen molar-refractivity contribution in [1.29, 1.82) is 0 Å². The van der Waals surface area contributed by atoms with Crippen LogP contribution in [0.2, 0.25) is 0 Å². The van der Waals surface area contributed by atoms with Crippen LogP contribution in [0.1, 0.15) is 119 Å². The van der Waals surface area contributed by atoms with Crippen molar-refractivity contribution in [3.05, 3.63) is 53.7 Å². The van der Waals surface area contributed by atoms with Crippen molar-refractivity contribution in [2.45, 2.75) is 132 Å². The van der Waals surface area contributed by atoms with E-state index in [1.807, 2.05) is 19.1 Å². The summed E-state index contributed by atoms with van der Waals surface area (Å²) in [6, 6.07) is 10.4. The number of aryl methyl sites for hydroxylation is 2. The first kappa shape index (κ1) is 41.3. The van der Waals surface area contributed by atoms with Gasteiger partial charge < -0.3 is 29.2 Å². The van der Waals surface area contributed by atoms with Crippen molar-refractivity contribution in [3.8, 4) is 34.3 Å². The van der Waals surface area contributed by atoms with E-state index in [9.17, 15) is 19.8 Å². The summed E-state index contributed by atoms with van der Waals surface area (Å²) >= 11 is 0. The first-order chi connectivity index (χ1) is 28.2. The number of allylic oxidation sites excluding steroid dienone is 2. The van der Waals surface area contributed by atoms with Crippen LogP contribution in [0, 0.1) is 49.7 Å². The molecule has 10 rings (SSSR count). The largest absolute Gasteiger partial charge is 0.493 e. The minimum absolute atomic E-state index is 0.0620. The zero-order chi connectivity index (χ0) is 43.0. The zero-order valence-electron chi connectivity index (χ0n) is 37.5. The fourth-order valence-electron chi connectivity index (χ4n) is 14.3. The number of benzene rings is 2. The van der Waals surface area contributed by atoms with Crippen LogP contribution in [0.4, 0.5) is 0 Å². The lowest BCUT2D eigenvalue weighted by atomic mass is 9.30. The van der Waals surface area contributed by atoms with Crippen LogP contribution in [-0.2, 0) is 22.6 Å². The zero-order valence-corrected chi connectivity index (χ0v) is 37.5. The molecule has 2 aliphatic heterocycles. The van der Waals surface area contributed by atoms with Crippen LogP contribution in [-0.4, -0.2) is 49.1 Å². The number of carboxylic acids is 1. The Labute approximate surface area is 355 Å². The number of carboxylic acid groups (broad SMARTS) is 1. The second-order valence-electron chi connectivity index (χ2n) is 21.8. The average molecular weight is 821 g/mol. The number of nitrogens with zero attached hydrogens (tertiary/aromatic N) is 1. The molecule has 0 spiro atoms. The molecule has 0 amide bonds. The molecule has 0 bridgehead atoms. The molecule has 5 aliphatic carbocycles. The quantitative estimate of drug-likeness (QED) is 0.251. The van der Waals surface area contributed by atoms with Gasteiger partial charge >= 0.3 is 5.97 Å². The van der Waals surface area contributed by atoms with Gasteiger partial charge in [0.15, 0.2) is 41.5 Å². The van der Waals surface area contributed by atoms with E-state index < -0.39 is 11.4 Å². The lowest BCUT2D eigenvalue weighted by Gasteiger charge is -2.73. The number of aliphatic carboxylic acids is 1. The van der Waals surface area contributed by atoms with E-state index in [0.29, 0.717) is 13.2 Å². The molecule has 9 nitrogen and oxygen atoms in total. The fraction of sp³-hybridized carbons (Fsp3) is 0.627. The number of aliphatic hydroxyl groups excluding tert-OH is 1. The fourth-order valence-corrected chi connectivity index (χ4v) is 14.3. The molecule has 4 fully saturated rings. The van der Waals surface area contributed by atoms with Crippen molar-refractivity contribution in [2.75, 3.05) is 21.0 Å². The maximum absolute atomic E-state index is 14.3. The highest BCUT2D eigenvalue weighted by molar-refractivity contribution is 5.96. The minimum Gasteiger partial charge on any atom is -0.493 e. The number of hydrogen-bond acceptors (Lipinski definition) is 7. The third-order valence-corrected chi connectivity index (χ3v) is 19.2. The van der Waals surface area contributed by atoms with Crippen molar-refractivity contribution in [2.24, 2.45) is 49.7 Å². The molecule has 2 N–H and O–H groups in total. The summed E-state index contributed by atoms with van der Waals surface area (Å²) in [6.07, 6.45) is 12.9. The van der Waals surface area contributed by atoms with Gasteiger partial charge in [-0.15, -0.1) is 0 Å². The first-order valence-electron chi connectivity index (χ1n) is 22.4. The second kappa shape index (κ2) is 13.4. The van der Waals surface area contributed by atoms with Crippen molar-refractivity contribution in [1.82, 2.24) is 0 Å². The van der Waals surface area contributed by atoms with Crippen LogP contribution in [0.5, 0.6) is 23.0 Å². The highest BCUT2D eigenvalue weighted by atomic mass is 16.7. The predicted molar refractivity (Wildman–Crippen MR) is 230 cm³/mol. The van der Waals surface area contributed by atoms with Crippen molar-refractivity contribution < 1.29 is 43.3 Å². The van der Waals surface area contributed by atoms with Gasteiger partial charge in [-0.05, 0) is 144 Å². The van der Waals surface area contributed by atoms with Crippen molar-refractivity contribution in [3.63, 3.8) is 0 Å². The summed E-state index contributed by atoms with van der Waals surface area (Å²) < 4.78 is 24.4. The van der Waals surface area contributed by atoms with E-state index in [0.717, 1.165) is 98.1 Å². The molecule has 3 aromatic rings. The molecule has 1 aromatic heterocycles. The maximum atomic E-state index is 14.3. The molecular formula is C51H66NO8+. The van der Waals surface area contributed by atoms with E-state index in [4.69, 9.17) is 18.9 Å². The van der Waals surface area contributed by atoms with Crippen LogP contribution < -0.4 is 23.5 Å². The van der Waals surface area contributed by atoms with E-state index in [1.165, 1.54) is 22.4 Å². The van der Waals surface area contributed by atoms with Gasteiger partial charge in [0.1, 0.15) is 0 Å². The summed E-state index contributed by atoms with van der Waals surface area (Å²) in [7, 11) is 3.34. The van der Waals surface area contributed by atoms with E-state index >= 15 is 0 Å². The van der Waals surface area contributed by atoms with Gasteiger partial charge in [-0.2, -0.15) is 4.57 Å². The van der Waals surface area contributed by atoms with Crippen molar-refractivity contribution >= 4 is 22.5 Å². The van der Waals surface area contributed by atoms with Gasteiger partial charge in [0.25, 0.3) is 0 Å². The second-order valence-corrected chi connectivity index (χ2v) is 21.8. The van der Waals surface area contributed by atoms with Gasteiger partial charge in [-0.25, -0.2) is 0 Å². The average Bonchev–Trinajstić information content (AvgIpc) is 3.68. The molecule has 3 heterocycles. The van der Waals surface area contributed by atoms with E-state index in [-0.39, 0.29) is 56.2 Å². The third-order valence-electron chi connectivity index (χ3n) is 19.2. The molecular weight excluding hydrogens is 755 g/mol. The van der Waals surface area contributed by atoms with Gasteiger partial charge in [0.2, 0.25) is 12.5 Å². The predicted octanol–water partition coefficient (Wildman–Crippen LogP) is 9.90. The smallest absolute Gasteiger partial charge is 0.309 e. The number of ether oxygens (including phenoxy) is 4. The van der Waals surface area contributed by atoms with E-state index in [1.54, 1.807) is 14.2 Å². The highest BCUT2D eigenvalue weighted by Gasteiger charge is 2.73. The summed E-state index contributed by atoms with van der Waals surface area (Å²) in [5.41, 5.74) is 3.52. The number of methoxy groups -OCH3 is 2. The van der Waals surface area contributed by atoms with Gasteiger partial charge in [-0.1, -0.05) is 54.0 Å². The lowest BCUT2D eigenvalue weighted by molar-refractivity contribution is -0.686. The number of fused-ring (bicyclic) bond motifs is 12. The Bertz CT molecular complexity index is 2350. The molecule has 9 atom stereocenters. The Balaban J connectivity index is 0.000000162. The number of ketones is 1. The molecule has 0 unspecified atom stereocenters. The van der Waals surface area contributed by atoms with Gasteiger partial charge in [-0.3, -0.25) is 9.59 Å². The number of rotatable bonds is 3. The number of carbonyl (C=O) groups is 2. The van der Waals surface area contributed by atoms with Crippen LogP contribution in [0.3, 0.4) is 0 Å². The van der Waals surface area contributed by atoms with Crippen LogP contribution in [0.25, 0.3) is 22.0 Å². The molecule has 322 valence electrons. The minimum atomic E-state index is -0.718. The third kappa shape index (κ3) is 5.41. The highest BCUT2D eigenvalue weighted by Crippen LogP contribution is 2.78.